The number of hydrogen-bond acceptors (Lipinski definition) is 6. The molecule has 5 rings (SSSR count). The molecule has 2 aromatic carbocycles. The van der Waals surface area contributed by atoms with Crippen molar-refractivity contribution in [2.45, 2.75) is 18.1 Å². The SMILES string of the molecule is O=C1c2ccccc2C(=O)N1CCCSc1nnc(-c2ccncc2)n1Cc1ccccc1. The topological polar surface area (TPSA) is 81.0 Å². The van der Waals surface area contributed by atoms with E-state index in [1.165, 1.54) is 4.90 Å². The number of thioether (sulfide) groups is 1. The van der Waals surface area contributed by atoms with Crippen LogP contribution in [0.15, 0.2) is 84.3 Å². The maximum absolute atomic E-state index is 12.6. The number of pyridine rings is 1. The number of rotatable bonds is 8. The highest BCUT2D eigenvalue weighted by Gasteiger charge is 2.34. The normalized spacial score (nSPS) is 12.9. The van der Waals surface area contributed by atoms with Gasteiger partial charge in [-0.25, -0.2) is 0 Å². The number of imide groups is 1. The van der Waals surface area contributed by atoms with E-state index in [4.69, 9.17) is 0 Å². The minimum atomic E-state index is -0.215. The van der Waals surface area contributed by atoms with Crippen LogP contribution in [0.4, 0.5) is 0 Å². The fourth-order valence-corrected chi connectivity index (χ4v) is 4.71. The molecule has 0 bridgehead atoms. The van der Waals surface area contributed by atoms with Crippen molar-refractivity contribution in [3.63, 3.8) is 0 Å². The zero-order valence-electron chi connectivity index (χ0n) is 17.8. The van der Waals surface area contributed by atoms with Crippen molar-refractivity contribution in [3.8, 4) is 11.4 Å². The molecule has 0 unspecified atom stereocenters. The molecule has 33 heavy (non-hydrogen) atoms. The first-order valence-electron chi connectivity index (χ1n) is 10.7. The van der Waals surface area contributed by atoms with Crippen LogP contribution >= 0.6 is 11.8 Å². The molecule has 164 valence electrons. The molecule has 4 aromatic rings. The molecule has 0 spiro atoms. The fraction of sp³-hybridized carbons (Fsp3) is 0.160. The summed E-state index contributed by atoms with van der Waals surface area (Å²) in [6.07, 6.45) is 4.15. The lowest BCUT2D eigenvalue weighted by Crippen LogP contribution is -2.31. The summed E-state index contributed by atoms with van der Waals surface area (Å²) >= 11 is 1.58. The summed E-state index contributed by atoms with van der Waals surface area (Å²) in [5.41, 5.74) is 3.08. The molecule has 0 atom stereocenters. The Bertz CT molecular complexity index is 1260. The van der Waals surface area contributed by atoms with E-state index >= 15 is 0 Å². The number of amides is 2. The maximum atomic E-state index is 12.6. The molecule has 0 N–H and O–H groups in total. The van der Waals surface area contributed by atoms with Gasteiger partial charge in [0.15, 0.2) is 11.0 Å². The summed E-state index contributed by atoms with van der Waals surface area (Å²) in [4.78, 5) is 30.5. The summed E-state index contributed by atoms with van der Waals surface area (Å²) in [7, 11) is 0. The predicted molar refractivity (Wildman–Crippen MR) is 126 cm³/mol. The third kappa shape index (κ3) is 4.29. The summed E-state index contributed by atoms with van der Waals surface area (Å²) in [6.45, 7) is 1.02. The maximum Gasteiger partial charge on any atom is 0.261 e. The van der Waals surface area contributed by atoms with Crippen molar-refractivity contribution in [2.24, 2.45) is 0 Å². The first-order valence-corrected chi connectivity index (χ1v) is 11.7. The Kier molecular flexibility index (Phi) is 5.99. The van der Waals surface area contributed by atoms with Gasteiger partial charge in [0.1, 0.15) is 0 Å². The second-order valence-corrected chi connectivity index (χ2v) is 8.69. The van der Waals surface area contributed by atoms with Gasteiger partial charge in [-0.1, -0.05) is 54.2 Å². The average molecular weight is 456 g/mol. The minimum absolute atomic E-state index is 0.215. The number of carbonyl (C=O) groups is 2. The number of benzene rings is 2. The first kappa shape index (κ1) is 21.1. The zero-order valence-corrected chi connectivity index (χ0v) is 18.6. The molecule has 2 aromatic heterocycles. The Hall–Kier alpha value is -3.78. The molecule has 2 amide bonds. The molecular formula is C25H21N5O2S. The molecule has 0 aliphatic carbocycles. The quantitative estimate of drug-likeness (QED) is 0.225. The van der Waals surface area contributed by atoms with Crippen molar-refractivity contribution in [1.82, 2.24) is 24.6 Å². The van der Waals surface area contributed by atoms with Crippen LogP contribution in [0.25, 0.3) is 11.4 Å². The standard InChI is InChI=1S/C25H21N5O2S/c31-23-20-9-4-5-10-21(20)24(32)29(23)15-6-16-33-25-28-27-22(19-11-13-26-14-12-19)30(25)17-18-7-2-1-3-8-18/h1-5,7-14H,6,15-17H2. The predicted octanol–water partition coefficient (Wildman–Crippen LogP) is 4.17. The number of nitrogens with zero attached hydrogens (tertiary/aromatic N) is 5. The third-order valence-corrected chi connectivity index (χ3v) is 6.53. The van der Waals surface area contributed by atoms with E-state index < -0.39 is 0 Å². The average Bonchev–Trinajstić information content (AvgIpc) is 3.37. The van der Waals surface area contributed by atoms with Gasteiger partial charge in [0, 0.05) is 30.3 Å². The smallest absolute Gasteiger partial charge is 0.261 e. The van der Waals surface area contributed by atoms with Crippen molar-refractivity contribution >= 4 is 23.6 Å². The van der Waals surface area contributed by atoms with Gasteiger partial charge in [-0.2, -0.15) is 0 Å². The summed E-state index contributed by atoms with van der Waals surface area (Å²) in [5, 5.41) is 9.66. The Labute approximate surface area is 195 Å². The molecule has 3 heterocycles. The number of aromatic nitrogens is 4. The molecule has 1 aliphatic rings. The largest absolute Gasteiger partial charge is 0.298 e. The minimum Gasteiger partial charge on any atom is -0.298 e. The van der Waals surface area contributed by atoms with E-state index in [1.54, 1.807) is 48.4 Å². The molecule has 8 heteroatoms. The molecular weight excluding hydrogens is 434 g/mol. The van der Waals surface area contributed by atoms with E-state index in [9.17, 15) is 9.59 Å². The number of fused-ring (bicyclic) bond motifs is 1. The highest BCUT2D eigenvalue weighted by Crippen LogP contribution is 2.26. The van der Waals surface area contributed by atoms with Gasteiger partial charge in [-0.15, -0.1) is 10.2 Å². The van der Waals surface area contributed by atoms with E-state index in [-0.39, 0.29) is 11.8 Å². The van der Waals surface area contributed by atoms with Crippen LogP contribution in [0.1, 0.15) is 32.7 Å². The van der Waals surface area contributed by atoms with Gasteiger partial charge in [-0.05, 0) is 36.2 Å². The second-order valence-electron chi connectivity index (χ2n) is 7.62. The molecule has 0 radical (unpaired) electrons. The van der Waals surface area contributed by atoms with Crippen LogP contribution in [0, 0.1) is 0 Å². The Morgan fingerprint density at radius 2 is 1.45 bits per heavy atom. The monoisotopic (exact) mass is 455 g/mol. The molecule has 0 saturated heterocycles. The first-order chi connectivity index (χ1) is 16.2. The van der Waals surface area contributed by atoms with Crippen LogP contribution in [0.2, 0.25) is 0 Å². The van der Waals surface area contributed by atoms with E-state index in [1.807, 2.05) is 30.3 Å². The van der Waals surface area contributed by atoms with Gasteiger partial charge in [0.25, 0.3) is 11.8 Å². The van der Waals surface area contributed by atoms with Crippen LogP contribution in [0.3, 0.4) is 0 Å². The third-order valence-electron chi connectivity index (χ3n) is 5.47. The van der Waals surface area contributed by atoms with Crippen LogP contribution < -0.4 is 0 Å². The second kappa shape index (κ2) is 9.38. The van der Waals surface area contributed by atoms with Gasteiger partial charge < -0.3 is 0 Å². The lowest BCUT2D eigenvalue weighted by Gasteiger charge is -2.14. The summed E-state index contributed by atoms with van der Waals surface area (Å²) in [6, 6.07) is 21.0. The van der Waals surface area contributed by atoms with Crippen molar-refractivity contribution in [3.05, 3.63) is 95.8 Å². The fourth-order valence-electron chi connectivity index (χ4n) is 3.85. The highest BCUT2D eigenvalue weighted by molar-refractivity contribution is 7.99. The Morgan fingerprint density at radius 3 is 2.15 bits per heavy atom. The van der Waals surface area contributed by atoms with Crippen molar-refractivity contribution in [1.29, 1.82) is 0 Å². The van der Waals surface area contributed by atoms with Crippen LogP contribution in [-0.4, -0.2) is 48.8 Å². The van der Waals surface area contributed by atoms with Gasteiger partial charge in [-0.3, -0.25) is 24.0 Å². The van der Waals surface area contributed by atoms with Gasteiger partial charge in [0.05, 0.1) is 17.7 Å². The number of carbonyl (C=O) groups excluding carboxylic acids is 2. The van der Waals surface area contributed by atoms with Crippen molar-refractivity contribution < 1.29 is 9.59 Å². The summed E-state index contributed by atoms with van der Waals surface area (Å²) in [5.74, 6) is 1.06. The van der Waals surface area contributed by atoms with E-state index in [0.29, 0.717) is 36.4 Å². The van der Waals surface area contributed by atoms with E-state index in [2.05, 4.69) is 31.9 Å². The molecule has 0 fully saturated rings. The lowest BCUT2D eigenvalue weighted by molar-refractivity contribution is 0.0655. The van der Waals surface area contributed by atoms with Crippen LogP contribution in [-0.2, 0) is 6.54 Å². The molecule has 0 saturated carbocycles. The lowest BCUT2D eigenvalue weighted by atomic mass is 10.1. The molecule has 7 nitrogen and oxygen atoms in total. The number of hydrogen-bond donors (Lipinski definition) is 0. The highest BCUT2D eigenvalue weighted by atomic mass is 32.2. The van der Waals surface area contributed by atoms with Gasteiger partial charge in [0.2, 0.25) is 0 Å². The van der Waals surface area contributed by atoms with E-state index in [0.717, 1.165) is 22.1 Å². The van der Waals surface area contributed by atoms with Gasteiger partial charge >= 0.3 is 0 Å². The summed E-state index contributed by atoms with van der Waals surface area (Å²) < 4.78 is 2.09. The van der Waals surface area contributed by atoms with Crippen LogP contribution in [0.5, 0.6) is 0 Å². The zero-order chi connectivity index (χ0) is 22.6. The Morgan fingerprint density at radius 1 is 0.788 bits per heavy atom. The van der Waals surface area contributed by atoms with Crippen molar-refractivity contribution in [2.75, 3.05) is 12.3 Å². The molecule has 1 aliphatic heterocycles. The Balaban J connectivity index is 1.28.